The highest BCUT2D eigenvalue weighted by Gasteiger charge is 2.63. The van der Waals surface area contributed by atoms with E-state index in [-0.39, 0.29) is 70.3 Å². The highest BCUT2D eigenvalue weighted by molar-refractivity contribution is 5.66. The molecular weight excluding hydrogens is 1380 g/mol. The lowest BCUT2D eigenvalue weighted by atomic mass is 9.89. The van der Waals surface area contributed by atoms with Crippen LogP contribution in [0.3, 0.4) is 0 Å². The zero-order valence-electron chi connectivity index (χ0n) is 63.8. The summed E-state index contributed by atoms with van der Waals surface area (Å²) in [4.78, 5) is 13.3. The Hall–Kier alpha value is -6.01. The van der Waals surface area contributed by atoms with Crippen molar-refractivity contribution in [2.24, 2.45) is 23.7 Å². The van der Waals surface area contributed by atoms with E-state index < -0.39 is 158 Å². The number of rotatable bonds is 29. The summed E-state index contributed by atoms with van der Waals surface area (Å²) in [6.45, 7) is 23.0. The molecular formula is C86H108O22. The van der Waals surface area contributed by atoms with Crippen LogP contribution in [0.25, 0.3) is 0 Å². The van der Waals surface area contributed by atoms with Crippen molar-refractivity contribution in [3.8, 4) is 0 Å². The van der Waals surface area contributed by atoms with Gasteiger partial charge in [0.05, 0.1) is 108 Å². The van der Waals surface area contributed by atoms with Gasteiger partial charge in [-0.1, -0.05) is 210 Å². The summed E-state index contributed by atoms with van der Waals surface area (Å²) in [6.07, 6.45) is -18.4. The first-order valence-corrected chi connectivity index (χ1v) is 38.6. The maximum atomic E-state index is 13.3. The van der Waals surface area contributed by atoms with Crippen LogP contribution < -0.4 is 0 Å². The van der Waals surface area contributed by atoms with E-state index in [1.165, 1.54) is 6.92 Å². The van der Waals surface area contributed by atoms with Gasteiger partial charge in [-0.25, -0.2) is 0 Å². The average Bonchev–Trinajstić information content (AvgIpc) is 1.57. The van der Waals surface area contributed by atoms with Gasteiger partial charge < -0.3 is 99.5 Å². The van der Waals surface area contributed by atoms with Gasteiger partial charge in [-0.3, -0.25) is 4.79 Å². The molecule has 6 aromatic carbocycles. The standard InChI is InChI=1S/C86H108O22/c1-51-42-93-82(76(92-47-64-38-26-16-27-39-64)67(51)100-84-78-86(50-94-84,49-89-44-61-32-20-13-21-33-61)108-81(105-78)65-40-28-17-29-41-65)103-71-58(8)97-79(102-73-57(7)95-56(6)72(98-59(9)87)75(73)104-83-77-70(52(2)55(5)96-83)106-85(10,11)107-77)54(4)69(71)101-80-53(3)68(90-45-62-34-22-14-23-35-62)74(91-46-63-36-24-15-25-37-63)66(99-80)48-88-43-60-30-18-12-19-31-60/h12-41,51-58,66-84H,42-50H2,1-11H3/t51-,52+,53-,54+,55?,56?,57+,58?,66?,67-,68?,69?,70+,71+,72+,73?,74-,75-,76?,77?,78?,79+,80+,81+,82+,83+,84+,86+/m1/s1. The Morgan fingerprint density at radius 3 is 1.46 bits per heavy atom. The van der Waals surface area contributed by atoms with Gasteiger partial charge in [-0.15, -0.1) is 0 Å². The van der Waals surface area contributed by atoms with Gasteiger partial charge in [0.2, 0.25) is 0 Å². The monoisotopic (exact) mass is 1490 g/mol. The highest BCUT2D eigenvalue weighted by atomic mass is 16.8. The van der Waals surface area contributed by atoms with Crippen LogP contribution >= 0.6 is 0 Å². The van der Waals surface area contributed by atoms with Gasteiger partial charge in [-0.05, 0) is 69.4 Å². The Labute approximate surface area is 634 Å². The molecule has 8 aliphatic heterocycles. The van der Waals surface area contributed by atoms with Crippen LogP contribution in [0.2, 0.25) is 0 Å². The molecule has 6 aromatic rings. The Kier molecular flexibility index (Phi) is 26.1. The van der Waals surface area contributed by atoms with Crippen LogP contribution in [0, 0.1) is 23.7 Å². The zero-order chi connectivity index (χ0) is 75.1. The number of fused-ring (bicyclic) bond motifs is 2. The van der Waals surface area contributed by atoms with Crippen molar-refractivity contribution in [3.05, 3.63) is 215 Å². The predicted octanol–water partition coefficient (Wildman–Crippen LogP) is 12.7. The molecule has 0 radical (unpaired) electrons. The van der Waals surface area contributed by atoms with Crippen molar-refractivity contribution in [2.45, 2.75) is 262 Å². The molecule has 22 heteroatoms. The maximum absolute atomic E-state index is 13.3. The zero-order valence-corrected chi connectivity index (χ0v) is 63.8. The number of esters is 1. The molecule has 0 bridgehead atoms. The van der Waals surface area contributed by atoms with Crippen molar-refractivity contribution < 1.29 is 104 Å². The molecule has 0 spiro atoms. The first kappa shape index (κ1) is 78.7. The molecule has 28 atom stereocenters. The average molecular weight is 1490 g/mol. The van der Waals surface area contributed by atoms with Gasteiger partial charge in [0, 0.05) is 36.2 Å². The molecule has 0 saturated carbocycles. The summed E-state index contributed by atoms with van der Waals surface area (Å²) in [5.41, 5.74) is 4.71. The van der Waals surface area contributed by atoms with E-state index in [2.05, 4.69) is 20.8 Å². The number of carbonyl (C=O) groups is 1. The number of benzene rings is 6. The van der Waals surface area contributed by atoms with Crippen molar-refractivity contribution in [1.29, 1.82) is 0 Å². The summed E-state index contributed by atoms with van der Waals surface area (Å²) in [6, 6.07) is 60.0. The van der Waals surface area contributed by atoms with E-state index in [1.54, 1.807) is 0 Å². The van der Waals surface area contributed by atoms with Crippen LogP contribution in [0.4, 0.5) is 0 Å². The van der Waals surface area contributed by atoms with Crippen LogP contribution in [-0.4, -0.2) is 179 Å². The van der Waals surface area contributed by atoms with E-state index in [4.69, 9.17) is 99.5 Å². The van der Waals surface area contributed by atoms with E-state index in [0.717, 1.165) is 33.4 Å². The fourth-order valence-electron chi connectivity index (χ4n) is 16.2. The van der Waals surface area contributed by atoms with E-state index >= 15 is 0 Å². The molecule has 108 heavy (non-hydrogen) atoms. The van der Waals surface area contributed by atoms with Gasteiger partial charge in [-0.2, -0.15) is 0 Å². The summed E-state index contributed by atoms with van der Waals surface area (Å²) in [5, 5.41) is 0. The third-order valence-electron chi connectivity index (χ3n) is 22.2. The van der Waals surface area contributed by atoms with E-state index in [0.29, 0.717) is 13.2 Å². The van der Waals surface area contributed by atoms with Gasteiger partial charge in [0.25, 0.3) is 0 Å². The molecule has 0 aliphatic carbocycles. The van der Waals surface area contributed by atoms with Gasteiger partial charge >= 0.3 is 5.97 Å². The molecule has 22 nitrogen and oxygen atoms in total. The van der Waals surface area contributed by atoms with Crippen LogP contribution in [-0.2, 0) is 137 Å². The SMILES string of the molecule is CC(=O)O[C@H]1C(C)O[C@@H](C)C(O[C@@H]2OC(C)[C@H](O[C@@H]3OC[C@@H](C)[C@@H](O[C@@H]4OC[C@]5(COCc6ccccc6)O[C@@H](c6ccccc6)OC45)C3OCc3ccccc3)C(O[C@@H]3OC(COCc4ccccc4)[C@@H](OCc4ccccc4)C(OCc4ccccc4)[C@H]3C)[C@@H]2C)[C@@H]1O[C@@H]1OC(C)[C@H](C)[C@@H]2OC(C)(C)OC12. The van der Waals surface area contributed by atoms with E-state index in [1.807, 2.05) is 230 Å². The first-order chi connectivity index (χ1) is 52.3. The Morgan fingerprint density at radius 2 is 0.861 bits per heavy atom. The second-order valence-electron chi connectivity index (χ2n) is 30.8. The lowest BCUT2D eigenvalue weighted by Crippen LogP contribution is -2.65. The minimum absolute atomic E-state index is 0.0361. The quantitative estimate of drug-likeness (QED) is 0.0400. The normalized spacial score (nSPS) is 38.0. The lowest BCUT2D eigenvalue weighted by Gasteiger charge is -2.52. The molecule has 8 aliphatic rings. The third kappa shape index (κ3) is 18.5. The summed E-state index contributed by atoms with van der Waals surface area (Å²) in [5.74, 6) is -2.98. The fourth-order valence-corrected chi connectivity index (χ4v) is 16.2. The van der Waals surface area contributed by atoms with Crippen molar-refractivity contribution in [1.82, 2.24) is 0 Å². The number of hydrogen-bond acceptors (Lipinski definition) is 22. The summed E-state index contributed by atoms with van der Waals surface area (Å²) < 4.78 is 147. The largest absolute Gasteiger partial charge is 0.457 e. The molecule has 0 N–H and O–H groups in total. The molecule has 14 rings (SSSR count). The smallest absolute Gasteiger partial charge is 0.303 e. The topological polar surface area (TPSA) is 211 Å². The minimum atomic E-state index is -1.12. The van der Waals surface area contributed by atoms with E-state index in [9.17, 15) is 4.79 Å². The molecule has 10 unspecified atom stereocenters. The molecule has 8 heterocycles. The maximum Gasteiger partial charge on any atom is 0.303 e. The van der Waals surface area contributed by atoms with Crippen LogP contribution in [0.5, 0.6) is 0 Å². The lowest BCUT2D eigenvalue weighted by molar-refractivity contribution is -0.387. The first-order valence-electron chi connectivity index (χ1n) is 38.6. The Morgan fingerprint density at radius 1 is 0.398 bits per heavy atom. The minimum Gasteiger partial charge on any atom is -0.457 e. The molecule has 8 saturated heterocycles. The number of hydrogen-bond donors (Lipinski definition) is 0. The summed E-state index contributed by atoms with van der Waals surface area (Å²) >= 11 is 0. The summed E-state index contributed by atoms with van der Waals surface area (Å²) in [7, 11) is 0. The Bertz CT molecular complexity index is 3720. The molecule has 584 valence electrons. The molecule has 0 amide bonds. The molecule has 0 aromatic heterocycles. The van der Waals surface area contributed by atoms with Crippen LogP contribution in [0.1, 0.15) is 116 Å². The van der Waals surface area contributed by atoms with Gasteiger partial charge in [0.15, 0.2) is 49.6 Å². The van der Waals surface area contributed by atoms with Crippen LogP contribution in [0.15, 0.2) is 182 Å². The predicted molar refractivity (Wildman–Crippen MR) is 392 cm³/mol. The van der Waals surface area contributed by atoms with Crippen molar-refractivity contribution in [3.63, 3.8) is 0 Å². The number of ether oxygens (including phenoxy) is 21. The van der Waals surface area contributed by atoms with Crippen molar-refractivity contribution in [2.75, 3.05) is 26.4 Å². The molecule has 8 fully saturated rings. The van der Waals surface area contributed by atoms with Gasteiger partial charge in [0.1, 0.15) is 54.4 Å². The number of carbonyl (C=O) groups excluding carboxylic acids is 1. The highest BCUT2D eigenvalue weighted by Crippen LogP contribution is 2.49. The second kappa shape index (κ2) is 35.8. The van der Waals surface area contributed by atoms with Crippen molar-refractivity contribution >= 4 is 5.97 Å². The second-order valence-corrected chi connectivity index (χ2v) is 30.8. The Balaban J connectivity index is 0.806. The third-order valence-corrected chi connectivity index (χ3v) is 22.2. The fraction of sp³-hybridized carbons (Fsp3) is 0.570.